The van der Waals surface area contributed by atoms with E-state index >= 15 is 0 Å². The summed E-state index contributed by atoms with van der Waals surface area (Å²) in [6, 6.07) is 14.0. The summed E-state index contributed by atoms with van der Waals surface area (Å²) in [6.07, 6.45) is 0. The zero-order chi connectivity index (χ0) is 16.8. The molecule has 0 heterocycles. The highest BCUT2D eigenvalue weighted by Gasteiger charge is 2.09. The van der Waals surface area contributed by atoms with Crippen LogP contribution in [0.2, 0.25) is 0 Å². The average Bonchev–Trinajstić information content (AvgIpc) is 2.53. The number of benzene rings is 2. The van der Waals surface area contributed by atoms with Gasteiger partial charge in [0, 0.05) is 15.6 Å². The number of carbonyl (C=O) groups is 2. The Kier molecular flexibility index (Phi) is 5.84. The van der Waals surface area contributed by atoms with Crippen LogP contribution in [0, 0.1) is 6.92 Å². The average molecular weight is 392 g/mol. The Morgan fingerprint density at radius 2 is 1.65 bits per heavy atom. The molecule has 0 aliphatic heterocycles. The lowest BCUT2D eigenvalue weighted by Crippen LogP contribution is -2.48. The monoisotopic (exact) mass is 391 g/mol. The van der Waals surface area contributed by atoms with Gasteiger partial charge in [0.05, 0.1) is 0 Å². The zero-order valence-corrected chi connectivity index (χ0v) is 14.6. The van der Waals surface area contributed by atoms with Crippen LogP contribution in [-0.2, 0) is 0 Å². The molecule has 0 aromatic heterocycles. The molecule has 5 nitrogen and oxygen atoms in total. The number of hydrazine groups is 1. The van der Waals surface area contributed by atoms with Crippen molar-refractivity contribution in [3.05, 3.63) is 69.7 Å². The molecule has 2 amide bonds. The number of thiocarbonyl (C=S) groups is 1. The summed E-state index contributed by atoms with van der Waals surface area (Å²) < 4.78 is 0.792. The molecule has 7 heteroatoms. The van der Waals surface area contributed by atoms with Crippen molar-refractivity contribution in [3.8, 4) is 0 Å². The molecule has 0 saturated heterocycles. The summed E-state index contributed by atoms with van der Waals surface area (Å²) in [5.74, 6) is -0.711. The van der Waals surface area contributed by atoms with Crippen molar-refractivity contribution in [2.24, 2.45) is 0 Å². The molecule has 2 aromatic rings. The van der Waals surface area contributed by atoms with E-state index in [9.17, 15) is 9.59 Å². The summed E-state index contributed by atoms with van der Waals surface area (Å²) in [4.78, 5) is 23.9. The van der Waals surface area contributed by atoms with Crippen molar-refractivity contribution in [2.45, 2.75) is 6.92 Å². The lowest BCUT2D eigenvalue weighted by Gasteiger charge is -2.11. The fourth-order valence-corrected chi connectivity index (χ4v) is 2.27. The molecule has 0 unspecified atom stereocenters. The lowest BCUT2D eigenvalue weighted by molar-refractivity contribution is 0.0934. The molecule has 0 bridgehead atoms. The number of hydrogen-bond acceptors (Lipinski definition) is 3. The molecule has 23 heavy (non-hydrogen) atoms. The maximum atomic E-state index is 12.0. The first-order chi connectivity index (χ1) is 11.0. The Balaban J connectivity index is 1.86. The highest BCUT2D eigenvalue weighted by Crippen LogP contribution is 2.11. The largest absolute Gasteiger partial charge is 0.298 e. The minimum atomic E-state index is -0.363. The van der Waals surface area contributed by atoms with E-state index in [-0.39, 0.29) is 16.9 Å². The zero-order valence-electron chi connectivity index (χ0n) is 12.2. The standard InChI is InChI=1S/C16H14BrN3O2S/c1-10-5-7-11(8-6-10)14(21)18-16(23)20-19-15(22)12-3-2-4-13(17)9-12/h2-9H,1H3,(H,19,22)(H2,18,20,21,23). The summed E-state index contributed by atoms with van der Waals surface area (Å²) in [5, 5.41) is 2.50. The number of hydrogen-bond donors (Lipinski definition) is 3. The van der Waals surface area contributed by atoms with Gasteiger partial charge in [-0.1, -0.05) is 39.7 Å². The maximum Gasteiger partial charge on any atom is 0.269 e. The van der Waals surface area contributed by atoms with Crippen molar-refractivity contribution in [1.82, 2.24) is 16.2 Å². The van der Waals surface area contributed by atoms with Gasteiger partial charge in [0.15, 0.2) is 5.11 Å². The van der Waals surface area contributed by atoms with Gasteiger partial charge in [-0.3, -0.25) is 25.8 Å². The van der Waals surface area contributed by atoms with Gasteiger partial charge in [-0.05, 0) is 49.5 Å². The second-order valence-electron chi connectivity index (χ2n) is 4.74. The van der Waals surface area contributed by atoms with Crippen molar-refractivity contribution < 1.29 is 9.59 Å². The van der Waals surface area contributed by atoms with Gasteiger partial charge >= 0.3 is 0 Å². The van der Waals surface area contributed by atoms with Crippen LogP contribution in [0.25, 0.3) is 0 Å². The van der Waals surface area contributed by atoms with E-state index in [2.05, 4.69) is 32.1 Å². The van der Waals surface area contributed by atoms with Crippen LogP contribution < -0.4 is 16.2 Å². The molecule has 0 fully saturated rings. The van der Waals surface area contributed by atoms with Gasteiger partial charge in [-0.25, -0.2) is 0 Å². The van der Waals surface area contributed by atoms with Crippen LogP contribution >= 0.6 is 28.1 Å². The van der Waals surface area contributed by atoms with E-state index in [0.29, 0.717) is 11.1 Å². The lowest BCUT2D eigenvalue weighted by atomic mass is 10.1. The first kappa shape index (κ1) is 17.1. The molecular weight excluding hydrogens is 378 g/mol. The molecule has 0 radical (unpaired) electrons. The summed E-state index contributed by atoms with van der Waals surface area (Å²) in [7, 11) is 0. The van der Waals surface area contributed by atoms with Gasteiger partial charge < -0.3 is 0 Å². The molecule has 0 saturated carbocycles. The SMILES string of the molecule is Cc1ccc(C(=O)NC(=S)NNC(=O)c2cccc(Br)c2)cc1. The third-order valence-corrected chi connectivity index (χ3v) is 3.61. The molecule has 0 aliphatic carbocycles. The molecule has 2 aromatic carbocycles. The van der Waals surface area contributed by atoms with Crippen LogP contribution in [0.4, 0.5) is 0 Å². The minimum absolute atomic E-state index is 0.0129. The third-order valence-electron chi connectivity index (χ3n) is 2.92. The van der Waals surface area contributed by atoms with Crippen molar-refractivity contribution >= 4 is 45.1 Å². The van der Waals surface area contributed by atoms with E-state index in [1.165, 1.54) is 0 Å². The highest BCUT2D eigenvalue weighted by molar-refractivity contribution is 9.10. The van der Waals surface area contributed by atoms with E-state index in [4.69, 9.17) is 12.2 Å². The second-order valence-corrected chi connectivity index (χ2v) is 6.06. The fourth-order valence-electron chi connectivity index (χ4n) is 1.73. The van der Waals surface area contributed by atoms with Crippen molar-refractivity contribution in [3.63, 3.8) is 0 Å². The number of nitrogens with one attached hydrogen (secondary N) is 3. The molecule has 0 atom stereocenters. The Bertz CT molecular complexity index is 747. The maximum absolute atomic E-state index is 12.0. The Hall–Kier alpha value is -2.25. The van der Waals surface area contributed by atoms with Crippen LogP contribution in [0.3, 0.4) is 0 Å². The van der Waals surface area contributed by atoms with Crippen molar-refractivity contribution in [2.75, 3.05) is 0 Å². The summed E-state index contributed by atoms with van der Waals surface area (Å²) >= 11 is 8.27. The Labute approximate surface area is 147 Å². The number of carbonyl (C=O) groups excluding carboxylic acids is 2. The van der Waals surface area contributed by atoms with E-state index in [1.54, 1.807) is 30.3 Å². The Morgan fingerprint density at radius 1 is 0.957 bits per heavy atom. The molecule has 118 valence electrons. The normalized spacial score (nSPS) is 9.83. The van der Waals surface area contributed by atoms with Gasteiger partial charge in [-0.15, -0.1) is 0 Å². The minimum Gasteiger partial charge on any atom is -0.298 e. The predicted octanol–water partition coefficient (Wildman–Crippen LogP) is 2.71. The van der Waals surface area contributed by atoms with Crippen molar-refractivity contribution in [1.29, 1.82) is 0 Å². The van der Waals surface area contributed by atoms with Crippen LogP contribution in [0.15, 0.2) is 53.0 Å². The van der Waals surface area contributed by atoms with E-state index < -0.39 is 0 Å². The van der Waals surface area contributed by atoms with Gasteiger partial charge in [0.25, 0.3) is 11.8 Å². The highest BCUT2D eigenvalue weighted by atomic mass is 79.9. The molecule has 0 spiro atoms. The van der Waals surface area contributed by atoms with E-state index in [0.717, 1.165) is 10.0 Å². The van der Waals surface area contributed by atoms with Gasteiger partial charge in [0.2, 0.25) is 0 Å². The number of aryl methyl sites for hydroxylation is 1. The molecule has 2 rings (SSSR count). The summed E-state index contributed by atoms with van der Waals surface area (Å²) in [5.41, 5.74) is 6.92. The first-order valence-corrected chi connectivity index (χ1v) is 7.90. The first-order valence-electron chi connectivity index (χ1n) is 6.69. The fraction of sp³-hybridized carbons (Fsp3) is 0.0625. The summed E-state index contributed by atoms with van der Waals surface area (Å²) in [6.45, 7) is 1.94. The number of rotatable bonds is 2. The molecule has 0 aliphatic rings. The van der Waals surface area contributed by atoms with E-state index in [1.807, 2.05) is 25.1 Å². The molecular formula is C16H14BrN3O2S. The van der Waals surface area contributed by atoms with Crippen LogP contribution in [0.1, 0.15) is 26.3 Å². The predicted molar refractivity (Wildman–Crippen MR) is 96.0 cm³/mol. The Morgan fingerprint density at radius 3 is 2.30 bits per heavy atom. The quantitative estimate of drug-likeness (QED) is 0.543. The number of halogens is 1. The van der Waals surface area contributed by atoms with Crippen LogP contribution in [0.5, 0.6) is 0 Å². The molecule has 3 N–H and O–H groups in total. The third kappa shape index (κ3) is 5.15. The van der Waals surface area contributed by atoms with Crippen LogP contribution in [-0.4, -0.2) is 16.9 Å². The second kappa shape index (κ2) is 7.85. The van der Waals surface area contributed by atoms with Gasteiger partial charge in [0.1, 0.15) is 0 Å². The number of amides is 2. The van der Waals surface area contributed by atoms with Gasteiger partial charge in [-0.2, -0.15) is 0 Å². The smallest absolute Gasteiger partial charge is 0.269 e. The topological polar surface area (TPSA) is 70.2 Å².